The summed E-state index contributed by atoms with van der Waals surface area (Å²) in [5.41, 5.74) is 4.55. The Hall–Kier alpha value is -2.57. The molecule has 1 N–H and O–H groups in total. The summed E-state index contributed by atoms with van der Waals surface area (Å²) in [6, 6.07) is 9.98. The van der Waals surface area contributed by atoms with Gasteiger partial charge >= 0.3 is 0 Å². The molecule has 0 spiro atoms. The molecule has 6 nitrogen and oxygen atoms in total. The maximum absolute atomic E-state index is 5.94. The first-order chi connectivity index (χ1) is 12.4. The topological polar surface area (TPSA) is 64.9 Å². The molecular formula is C19H21N5O. The van der Waals surface area contributed by atoms with Gasteiger partial charge in [0.1, 0.15) is 6.10 Å². The van der Waals surface area contributed by atoms with Gasteiger partial charge in [0.15, 0.2) is 0 Å². The van der Waals surface area contributed by atoms with Crippen LogP contribution in [-0.2, 0) is 24.2 Å². The van der Waals surface area contributed by atoms with Gasteiger partial charge in [0.2, 0.25) is 0 Å². The molecule has 0 aromatic carbocycles. The van der Waals surface area contributed by atoms with Crippen LogP contribution in [0.3, 0.4) is 0 Å². The van der Waals surface area contributed by atoms with Gasteiger partial charge in [-0.05, 0) is 41.8 Å². The van der Waals surface area contributed by atoms with Crippen molar-refractivity contribution in [1.29, 1.82) is 0 Å². The van der Waals surface area contributed by atoms with E-state index in [2.05, 4.69) is 21.5 Å². The van der Waals surface area contributed by atoms with Gasteiger partial charge in [0, 0.05) is 37.9 Å². The van der Waals surface area contributed by atoms with E-state index < -0.39 is 0 Å². The third kappa shape index (κ3) is 3.92. The second-order valence-electron chi connectivity index (χ2n) is 6.15. The summed E-state index contributed by atoms with van der Waals surface area (Å²) >= 11 is 0. The average Bonchev–Trinajstić information content (AvgIpc) is 3.07. The zero-order chi connectivity index (χ0) is 16.9. The van der Waals surface area contributed by atoms with Gasteiger partial charge in [0.05, 0.1) is 24.5 Å². The summed E-state index contributed by atoms with van der Waals surface area (Å²) in [5.74, 6) is 0. The molecule has 1 aliphatic rings. The lowest BCUT2D eigenvalue weighted by Gasteiger charge is -2.22. The lowest BCUT2D eigenvalue weighted by atomic mass is 10.1. The molecule has 0 amide bonds. The van der Waals surface area contributed by atoms with E-state index in [1.807, 2.05) is 53.6 Å². The van der Waals surface area contributed by atoms with Crippen LogP contribution in [0.5, 0.6) is 0 Å². The van der Waals surface area contributed by atoms with Crippen molar-refractivity contribution >= 4 is 0 Å². The van der Waals surface area contributed by atoms with Crippen molar-refractivity contribution in [3.63, 3.8) is 0 Å². The third-order valence-electron chi connectivity index (χ3n) is 4.32. The van der Waals surface area contributed by atoms with Crippen molar-refractivity contribution in [2.24, 2.45) is 0 Å². The Bertz CT molecular complexity index is 803. The van der Waals surface area contributed by atoms with Crippen molar-refractivity contribution in [2.45, 2.75) is 25.6 Å². The summed E-state index contributed by atoms with van der Waals surface area (Å²) in [7, 11) is 0. The Morgan fingerprint density at radius 1 is 1.16 bits per heavy atom. The van der Waals surface area contributed by atoms with E-state index in [9.17, 15) is 0 Å². The lowest BCUT2D eigenvalue weighted by Crippen LogP contribution is -2.27. The van der Waals surface area contributed by atoms with Gasteiger partial charge in [-0.2, -0.15) is 5.10 Å². The molecule has 0 unspecified atom stereocenters. The predicted octanol–water partition coefficient (Wildman–Crippen LogP) is 2.12. The Morgan fingerprint density at radius 3 is 2.92 bits per heavy atom. The van der Waals surface area contributed by atoms with Crippen LogP contribution in [-0.4, -0.2) is 32.9 Å². The molecule has 0 bridgehead atoms. The molecule has 4 rings (SSSR count). The molecule has 25 heavy (non-hydrogen) atoms. The number of hydrogen-bond acceptors (Lipinski definition) is 5. The zero-order valence-corrected chi connectivity index (χ0v) is 14.0. The fourth-order valence-electron chi connectivity index (χ4n) is 3.07. The molecule has 1 aliphatic heterocycles. The normalized spacial score (nSPS) is 16.6. The molecule has 0 fully saturated rings. The predicted molar refractivity (Wildman–Crippen MR) is 93.9 cm³/mol. The molecule has 3 aromatic rings. The molecule has 0 radical (unpaired) electrons. The van der Waals surface area contributed by atoms with Crippen LogP contribution in [0.2, 0.25) is 0 Å². The highest BCUT2D eigenvalue weighted by Crippen LogP contribution is 2.25. The van der Waals surface area contributed by atoms with Crippen LogP contribution in [0, 0.1) is 0 Å². The van der Waals surface area contributed by atoms with Crippen molar-refractivity contribution in [3.05, 3.63) is 77.6 Å². The zero-order valence-electron chi connectivity index (χ0n) is 14.0. The first-order valence-corrected chi connectivity index (χ1v) is 8.56. The van der Waals surface area contributed by atoms with Gasteiger partial charge in [0.25, 0.3) is 0 Å². The Morgan fingerprint density at radius 2 is 2.08 bits per heavy atom. The van der Waals surface area contributed by atoms with E-state index in [0.717, 1.165) is 37.5 Å². The third-order valence-corrected chi connectivity index (χ3v) is 4.32. The van der Waals surface area contributed by atoms with Crippen molar-refractivity contribution < 1.29 is 4.74 Å². The van der Waals surface area contributed by atoms with Crippen LogP contribution in [0.25, 0.3) is 0 Å². The van der Waals surface area contributed by atoms with Crippen molar-refractivity contribution in [1.82, 2.24) is 25.1 Å². The van der Waals surface area contributed by atoms with Gasteiger partial charge in [-0.3, -0.25) is 14.6 Å². The van der Waals surface area contributed by atoms with Gasteiger partial charge in [-0.25, -0.2) is 0 Å². The minimum absolute atomic E-state index is 0.00410. The van der Waals surface area contributed by atoms with Crippen LogP contribution >= 0.6 is 0 Å². The standard InChI is InChI=1S/C19H21N5O/c1-2-7-22-17(3-1)14-24-13-16-6-10-25-18(19(16)23-24)12-21-11-15-4-8-20-9-5-15/h1-5,7-9,13,18,21H,6,10-12,14H2/t18-/m1/s1. The molecule has 0 saturated carbocycles. The van der Waals surface area contributed by atoms with E-state index in [-0.39, 0.29) is 6.10 Å². The average molecular weight is 335 g/mol. The smallest absolute Gasteiger partial charge is 0.114 e. The Balaban J connectivity index is 1.41. The first kappa shape index (κ1) is 15.9. The van der Waals surface area contributed by atoms with E-state index in [1.54, 1.807) is 0 Å². The Labute approximate surface area is 146 Å². The Kier molecular flexibility index (Phi) is 4.81. The summed E-state index contributed by atoms with van der Waals surface area (Å²) in [6.07, 6.45) is 8.47. The summed E-state index contributed by atoms with van der Waals surface area (Å²) in [4.78, 5) is 8.41. The van der Waals surface area contributed by atoms with Crippen LogP contribution in [0.4, 0.5) is 0 Å². The van der Waals surface area contributed by atoms with Gasteiger partial charge in [-0.1, -0.05) is 6.07 Å². The number of nitrogens with one attached hydrogen (secondary N) is 1. The largest absolute Gasteiger partial charge is 0.370 e. The van der Waals surface area contributed by atoms with Crippen LogP contribution < -0.4 is 5.32 Å². The van der Waals surface area contributed by atoms with E-state index in [1.165, 1.54) is 11.1 Å². The summed E-state index contributed by atoms with van der Waals surface area (Å²) < 4.78 is 7.91. The molecule has 0 saturated heterocycles. The fraction of sp³-hybridized carbons (Fsp3) is 0.316. The number of hydrogen-bond donors (Lipinski definition) is 1. The van der Waals surface area contributed by atoms with Crippen LogP contribution in [0.1, 0.15) is 28.6 Å². The van der Waals surface area contributed by atoms with Crippen molar-refractivity contribution in [3.8, 4) is 0 Å². The second kappa shape index (κ2) is 7.55. The molecule has 4 heterocycles. The number of nitrogens with zero attached hydrogens (tertiary/aromatic N) is 4. The van der Waals surface area contributed by atoms with Crippen molar-refractivity contribution in [2.75, 3.05) is 13.2 Å². The maximum atomic E-state index is 5.94. The van der Waals surface area contributed by atoms with Crippen LogP contribution in [0.15, 0.2) is 55.1 Å². The number of ether oxygens (including phenoxy) is 1. The monoisotopic (exact) mass is 335 g/mol. The molecule has 3 aromatic heterocycles. The van der Waals surface area contributed by atoms with E-state index in [4.69, 9.17) is 9.84 Å². The number of rotatable bonds is 6. The van der Waals surface area contributed by atoms with E-state index in [0.29, 0.717) is 6.54 Å². The molecule has 128 valence electrons. The highest BCUT2D eigenvalue weighted by Gasteiger charge is 2.24. The second-order valence-corrected chi connectivity index (χ2v) is 6.15. The summed E-state index contributed by atoms with van der Waals surface area (Å²) in [6.45, 7) is 2.97. The number of fused-ring (bicyclic) bond motifs is 1. The summed E-state index contributed by atoms with van der Waals surface area (Å²) in [5, 5.41) is 8.21. The van der Waals surface area contributed by atoms with Gasteiger partial charge < -0.3 is 10.1 Å². The minimum Gasteiger partial charge on any atom is -0.370 e. The van der Waals surface area contributed by atoms with E-state index >= 15 is 0 Å². The molecule has 6 heteroatoms. The fourth-order valence-corrected chi connectivity index (χ4v) is 3.07. The number of aromatic nitrogens is 4. The molecule has 1 atom stereocenters. The molecular weight excluding hydrogens is 314 g/mol. The maximum Gasteiger partial charge on any atom is 0.114 e. The lowest BCUT2D eigenvalue weighted by molar-refractivity contribution is 0.0393. The quantitative estimate of drug-likeness (QED) is 0.747. The highest BCUT2D eigenvalue weighted by atomic mass is 16.5. The molecule has 0 aliphatic carbocycles. The highest BCUT2D eigenvalue weighted by molar-refractivity contribution is 5.23. The number of pyridine rings is 2. The first-order valence-electron chi connectivity index (χ1n) is 8.56. The minimum atomic E-state index is -0.00410. The SMILES string of the molecule is c1ccc(Cn2cc3c(n2)[C@@H](CNCc2ccncc2)OCC3)nc1. The van der Waals surface area contributed by atoms with Gasteiger partial charge in [-0.15, -0.1) is 0 Å².